The van der Waals surface area contributed by atoms with Crippen LogP contribution in [-0.2, 0) is 28.6 Å². The Labute approximate surface area is 403 Å². The Balaban J connectivity index is 4.39. The van der Waals surface area contributed by atoms with Crippen LogP contribution in [0.2, 0.25) is 0 Å². The molecule has 8 nitrogen and oxygen atoms in total. The van der Waals surface area contributed by atoms with Gasteiger partial charge in [-0.15, -0.1) is 0 Å². The molecule has 0 aliphatic carbocycles. The van der Waals surface area contributed by atoms with E-state index in [4.69, 9.17) is 14.2 Å². The fourth-order valence-corrected chi connectivity index (χ4v) is 6.72. The van der Waals surface area contributed by atoms with Gasteiger partial charge in [-0.3, -0.25) is 9.59 Å². The van der Waals surface area contributed by atoms with Gasteiger partial charge in [0.2, 0.25) is 0 Å². The summed E-state index contributed by atoms with van der Waals surface area (Å²) in [5.41, 5.74) is 0. The van der Waals surface area contributed by atoms with E-state index in [-0.39, 0.29) is 49.1 Å². The van der Waals surface area contributed by atoms with Crippen LogP contribution in [0.5, 0.6) is 0 Å². The van der Waals surface area contributed by atoms with Crippen molar-refractivity contribution < 1.29 is 38.2 Å². The molecule has 0 fully saturated rings. The average molecular weight is 916 g/mol. The second-order valence-corrected chi connectivity index (χ2v) is 17.6. The number of quaternary nitrogens is 1. The van der Waals surface area contributed by atoms with Gasteiger partial charge >= 0.3 is 11.9 Å². The first-order valence-corrected chi connectivity index (χ1v) is 25.6. The summed E-state index contributed by atoms with van der Waals surface area (Å²) >= 11 is 0. The van der Waals surface area contributed by atoms with Crippen molar-refractivity contribution in [1.82, 2.24) is 0 Å². The molecule has 0 saturated carbocycles. The van der Waals surface area contributed by atoms with Crippen molar-refractivity contribution in [1.29, 1.82) is 0 Å². The summed E-state index contributed by atoms with van der Waals surface area (Å²) in [5.74, 6) is -1.83. The highest BCUT2D eigenvalue weighted by molar-refractivity contribution is 5.70. The van der Waals surface area contributed by atoms with Crippen LogP contribution in [-0.4, -0.2) is 75.5 Å². The quantitative estimate of drug-likeness (QED) is 0.0260. The number of nitrogens with zero attached hydrogens (tertiary/aromatic N) is 1. The van der Waals surface area contributed by atoms with Gasteiger partial charge < -0.3 is 28.6 Å². The van der Waals surface area contributed by atoms with E-state index in [0.717, 1.165) is 96.3 Å². The number of carbonyl (C=O) groups is 3. The third-order valence-corrected chi connectivity index (χ3v) is 10.6. The number of hydrogen-bond acceptors (Lipinski definition) is 7. The van der Waals surface area contributed by atoms with Crippen molar-refractivity contribution in [3.63, 3.8) is 0 Å². The molecule has 0 saturated heterocycles. The van der Waals surface area contributed by atoms with Crippen LogP contribution in [0.3, 0.4) is 0 Å². The van der Waals surface area contributed by atoms with E-state index in [1.54, 1.807) is 21.1 Å². The standard InChI is InChI=1S/C58H93NO7/c1-6-8-10-12-14-16-18-20-22-24-26-27-28-29-31-32-34-36-38-40-42-44-46-48-56(60)65-53-54(52-64-51-50-55(58(62)63)59(3,4)5)66-57(61)49-47-45-43-41-39-37-35-33-30-25-23-21-19-17-15-13-11-9-7-2/h8-11,14-17,20-23,26-27,29,31,34,36,40,42,54-55H,6-7,12-13,18-19,24-25,28,30,32-33,35,37-39,41,43-53H2,1-5H3/b10-8+,11-9+,16-14+,17-15+,22-20+,23-21+,27-26+,31-29+,36-34+,42-40+. The van der Waals surface area contributed by atoms with Crippen molar-refractivity contribution in [2.75, 3.05) is 41.0 Å². The molecule has 2 unspecified atom stereocenters. The first-order valence-electron chi connectivity index (χ1n) is 25.6. The lowest BCUT2D eigenvalue weighted by Gasteiger charge is -2.34. The molecule has 66 heavy (non-hydrogen) atoms. The summed E-state index contributed by atoms with van der Waals surface area (Å²) in [7, 11) is 5.38. The minimum Gasteiger partial charge on any atom is -0.544 e. The number of likely N-dealkylation sites (N-methyl/N-ethyl adjacent to an activating group) is 1. The predicted molar refractivity (Wildman–Crippen MR) is 277 cm³/mol. The number of aliphatic carboxylic acids is 1. The molecule has 0 heterocycles. The summed E-state index contributed by atoms with van der Waals surface area (Å²) in [6.45, 7) is 4.36. The van der Waals surface area contributed by atoms with Crippen LogP contribution in [0.1, 0.15) is 174 Å². The Kier molecular flexibility index (Phi) is 44.2. The van der Waals surface area contributed by atoms with Gasteiger partial charge in [0.05, 0.1) is 40.3 Å². The van der Waals surface area contributed by atoms with Crippen LogP contribution >= 0.6 is 0 Å². The number of hydrogen-bond donors (Lipinski definition) is 0. The van der Waals surface area contributed by atoms with Gasteiger partial charge in [-0.25, -0.2) is 0 Å². The molecular weight excluding hydrogens is 823 g/mol. The van der Waals surface area contributed by atoms with Crippen molar-refractivity contribution >= 4 is 17.9 Å². The number of ether oxygens (including phenoxy) is 3. The van der Waals surface area contributed by atoms with Crippen LogP contribution in [0.25, 0.3) is 0 Å². The van der Waals surface area contributed by atoms with Crippen LogP contribution < -0.4 is 5.11 Å². The third kappa shape index (κ3) is 44.9. The van der Waals surface area contributed by atoms with E-state index in [9.17, 15) is 19.5 Å². The van der Waals surface area contributed by atoms with Gasteiger partial charge in [0.15, 0.2) is 6.10 Å². The first-order chi connectivity index (χ1) is 32.1. The lowest BCUT2D eigenvalue weighted by atomic mass is 10.1. The molecule has 0 aromatic heterocycles. The van der Waals surface area contributed by atoms with E-state index in [1.807, 2.05) is 0 Å². The number of carboxylic acids is 1. The van der Waals surface area contributed by atoms with Crippen molar-refractivity contribution in [2.45, 2.75) is 187 Å². The fraction of sp³-hybridized carbons (Fsp3) is 0.603. The van der Waals surface area contributed by atoms with E-state index < -0.39 is 18.1 Å². The second-order valence-electron chi connectivity index (χ2n) is 17.6. The molecule has 2 atom stereocenters. The highest BCUT2D eigenvalue weighted by Gasteiger charge is 2.25. The Morgan fingerprint density at radius 1 is 0.455 bits per heavy atom. The zero-order valence-corrected chi connectivity index (χ0v) is 42.3. The Bertz CT molecular complexity index is 1490. The fourth-order valence-electron chi connectivity index (χ4n) is 6.72. The number of esters is 2. The Hall–Kier alpha value is -4.27. The van der Waals surface area contributed by atoms with Gasteiger partial charge in [-0.1, -0.05) is 180 Å². The number of carboxylic acid groups (broad SMARTS) is 1. The lowest BCUT2D eigenvalue weighted by Crippen LogP contribution is -2.55. The minimum absolute atomic E-state index is 0.0120. The summed E-state index contributed by atoms with van der Waals surface area (Å²) < 4.78 is 17.2. The number of carbonyl (C=O) groups excluding carboxylic acids is 3. The normalized spacial score (nSPS) is 13.9. The van der Waals surface area contributed by atoms with E-state index in [1.165, 1.54) is 38.5 Å². The molecule has 0 aliphatic rings. The topological polar surface area (TPSA) is 102 Å². The van der Waals surface area contributed by atoms with Gasteiger partial charge in [0.25, 0.3) is 0 Å². The summed E-state index contributed by atoms with van der Waals surface area (Å²) in [6, 6.07) is -0.744. The largest absolute Gasteiger partial charge is 0.544 e. The minimum atomic E-state index is -1.14. The second kappa shape index (κ2) is 47.2. The van der Waals surface area contributed by atoms with Crippen molar-refractivity contribution in [3.8, 4) is 0 Å². The van der Waals surface area contributed by atoms with Crippen LogP contribution in [0, 0.1) is 0 Å². The lowest BCUT2D eigenvalue weighted by molar-refractivity contribution is -0.889. The summed E-state index contributed by atoms with van der Waals surface area (Å²) in [4.78, 5) is 37.0. The average Bonchev–Trinajstić information content (AvgIpc) is 3.28. The summed E-state index contributed by atoms with van der Waals surface area (Å²) in [5, 5.41) is 11.7. The Morgan fingerprint density at radius 2 is 0.818 bits per heavy atom. The molecule has 0 N–H and O–H groups in total. The monoisotopic (exact) mass is 916 g/mol. The predicted octanol–water partition coefficient (Wildman–Crippen LogP) is 13.6. The number of unbranched alkanes of at least 4 members (excludes halogenated alkanes) is 10. The van der Waals surface area contributed by atoms with Gasteiger partial charge in [0, 0.05) is 19.3 Å². The van der Waals surface area contributed by atoms with E-state index in [0.29, 0.717) is 12.8 Å². The maximum Gasteiger partial charge on any atom is 0.306 e. The Morgan fingerprint density at radius 3 is 1.23 bits per heavy atom. The van der Waals surface area contributed by atoms with Crippen molar-refractivity contribution in [2.24, 2.45) is 0 Å². The van der Waals surface area contributed by atoms with Crippen molar-refractivity contribution in [3.05, 3.63) is 122 Å². The zero-order valence-electron chi connectivity index (χ0n) is 42.3. The van der Waals surface area contributed by atoms with Gasteiger partial charge in [0.1, 0.15) is 12.6 Å². The first kappa shape index (κ1) is 61.7. The number of allylic oxidation sites excluding steroid dienone is 20. The third-order valence-electron chi connectivity index (χ3n) is 10.6. The van der Waals surface area contributed by atoms with Gasteiger partial charge in [-0.05, 0) is 96.3 Å². The highest BCUT2D eigenvalue weighted by Crippen LogP contribution is 2.14. The molecule has 0 radical (unpaired) electrons. The zero-order chi connectivity index (χ0) is 48.4. The molecule has 0 aliphatic heterocycles. The molecule has 0 aromatic carbocycles. The molecule has 0 rings (SSSR count). The highest BCUT2D eigenvalue weighted by atomic mass is 16.6. The van der Waals surface area contributed by atoms with Gasteiger partial charge in [-0.2, -0.15) is 0 Å². The molecule has 0 spiro atoms. The summed E-state index contributed by atoms with van der Waals surface area (Å²) in [6.07, 6.45) is 66.6. The molecule has 0 aromatic rings. The molecule has 0 bridgehead atoms. The van der Waals surface area contributed by atoms with E-state index in [2.05, 4.69) is 135 Å². The van der Waals surface area contributed by atoms with E-state index >= 15 is 0 Å². The van der Waals surface area contributed by atoms with Crippen LogP contribution in [0.4, 0.5) is 0 Å². The molecule has 0 amide bonds. The molecule has 8 heteroatoms. The smallest absolute Gasteiger partial charge is 0.306 e. The molecular formula is C58H93NO7. The maximum atomic E-state index is 12.8. The SMILES string of the molecule is CC/C=C/C/C=C/C/C=C/C/C=C/C/C=C/C/C=C/C/C=C/CCCC(=O)OCC(COCCC(C(=O)[O-])[N+](C)(C)C)OC(=O)CCCCCCCCCCC/C=C/C/C=C/C/C=C/CC. The van der Waals surface area contributed by atoms with Crippen LogP contribution in [0.15, 0.2) is 122 Å². The number of rotatable bonds is 44. The maximum absolute atomic E-state index is 12.8. The molecule has 372 valence electrons.